The van der Waals surface area contributed by atoms with E-state index in [-0.39, 0.29) is 5.82 Å². The van der Waals surface area contributed by atoms with E-state index >= 15 is 0 Å². The van der Waals surface area contributed by atoms with Gasteiger partial charge in [0.15, 0.2) is 5.96 Å². The van der Waals surface area contributed by atoms with Crippen molar-refractivity contribution < 1.29 is 4.39 Å². The van der Waals surface area contributed by atoms with Gasteiger partial charge >= 0.3 is 0 Å². The first-order chi connectivity index (χ1) is 11.2. The van der Waals surface area contributed by atoms with Gasteiger partial charge in [-0.25, -0.2) is 9.37 Å². The van der Waals surface area contributed by atoms with Crippen molar-refractivity contribution in [3.63, 3.8) is 0 Å². The molecule has 1 aromatic heterocycles. The van der Waals surface area contributed by atoms with Crippen LogP contribution in [0.4, 0.5) is 10.1 Å². The highest BCUT2D eigenvalue weighted by atomic mass is 19.1. The smallest absolute Gasteiger partial charge is 0.191 e. The molecule has 3 rings (SSSR count). The zero-order chi connectivity index (χ0) is 16.1. The third-order valence-corrected chi connectivity index (χ3v) is 3.86. The number of hydrogen-bond donors (Lipinski definition) is 1. The first kappa shape index (κ1) is 15.3. The summed E-state index contributed by atoms with van der Waals surface area (Å²) in [4.78, 5) is 12.6. The number of piperazine rings is 1. The fourth-order valence-electron chi connectivity index (χ4n) is 2.56. The molecule has 2 heterocycles. The molecule has 0 aliphatic carbocycles. The summed E-state index contributed by atoms with van der Waals surface area (Å²) in [6.45, 7) is 4.52. The minimum Gasteiger partial charge on any atom is -0.370 e. The lowest BCUT2D eigenvalue weighted by Crippen LogP contribution is -2.51. The highest BCUT2D eigenvalue weighted by Crippen LogP contribution is 2.16. The van der Waals surface area contributed by atoms with Crippen LogP contribution >= 0.6 is 0 Å². The maximum atomic E-state index is 13.0. The number of nitrogens with two attached hydrogens (primary N) is 1. The summed E-state index contributed by atoms with van der Waals surface area (Å²) in [5.41, 5.74) is 7.09. The molecule has 1 aliphatic heterocycles. The summed E-state index contributed by atoms with van der Waals surface area (Å²) in [6.07, 6.45) is 3.16. The number of guanidine groups is 1. The molecule has 0 radical (unpaired) electrons. The summed E-state index contributed by atoms with van der Waals surface area (Å²) in [5.74, 6) is 0.347. The number of hydrogen-bond acceptors (Lipinski definition) is 4. The van der Waals surface area contributed by atoms with E-state index in [1.807, 2.05) is 0 Å². The van der Waals surface area contributed by atoms with Gasteiger partial charge in [0, 0.05) is 31.9 Å². The second kappa shape index (κ2) is 7.08. The minimum atomic E-state index is -0.212. The van der Waals surface area contributed by atoms with Crippen molar-refractivity contribution in [3.05, 3.63) is 42.7 Å². The molecule has 0 unspecified atom stereocenters. The summed E-state index contributed by atoms with van der Waals surface area (Å²) in [5, 5.41) is 4.02. The Bertz CT molecular complexity index is 630. The molecule has 8 heteroatoms. The molecule has 0 saturated carbocycles. The second-order valence-corrected chi connectivity index (χ2v) is 5.35. The maximum Gasteiger partial charge on any atom is 0.191 e. The maximum absolute atomic E-state index is 13.0. The van der Waals surface area contributed by atoms with Gasteiger partial charge in [0.2, 0.25) is 0 Å². The van der Waals surface area contributed by atoms with Crippen LogP contribution in [0.1, 0.15) is 0 Å². The van der Waals surface area contributed by atoms with Crippen molar-refractivity contribution in [2.75, 3.05) is 37.6 Å². The Balaban J connectivity index is 1.48. The molecular formula is C15H20FN7. The molecule has 122 valence electrons. The van der Waals surface area contributed by atoms with E-state index in [9.17, 15) is 4.39 Å². The van der Waals surface area contributed by atoms with Crippen LogP contribution in [0.25, 0.3) is 0 Å². The summed E-state index contributed by atoms with van der Waals surface area (Å²) in [6, 6.07) is 6.59. The van der Waals surface area contributed by atoms with Crippen LogP contribution in [0.3, 0.4) is 0 Å². The molecular weight excluding hydrogens is 297 g/mol. The Morgan fingerprint density at radius 3 is 2.57 bits per heavy atom. The van der Waals surface area contributed by atoms with Crippen LogP contribution in [-0.4, -0.2) is 58.3 Å². The van der Waals surface area contributed by atoms with Gasteiger partial charge in [0.25, 0.3) is 0 Å². The van der Waals surface area contributed by atoms with E-state index in [1.54, 1.807) is 23.1 Å². The van der Waals surface area contributed by atoms with E-state index in [2.05, 4.69) is 24.9 Å². The fraction of sp³-hybridized carbons (Fsp3) is 0.400. The normalized spacial score (nSPS) is 16.0. The highest BCUT2D eigenvalue weighted by Gasteiger charge is 2.18. The monoisotopic (exact) mass is 317 g/mol. The number of aliphatic imine (C=N–C) groups is 1. The Labute approximate surface area is 134 Å². The molecule has 0 atom stereocenters. The average Bonchev–Trinajstić information content (AvgIpc) is 3.09. The summed E-state index contributed by atoms with van der Waals surface area (Å²) < 4.78 is 14.7. The topological polar surface area (TPSA) is 75.6 Å². The Morgan fingerprint density at radius 1 is 1.17 bits per heavy atom. The molecule has 1 aliphatic rings. The molecule has 2 aromatic rings. The SMILES string of the molecule is NC(=NCCn1cncn1)N1CCN(c2ccc(F)cc2)CC1. The van der Waals surface area contributed by atoms with Gasteiger partial charge in [-0.15, -0.1) is 0 Å². The Hall–Kier alpha value is -2.64. The number of aromatic nitrogens is 3. The summed E-state index contributed by atoms with van der Waals surface area (Å²) in [7, 11) is 0. The van der Waals surface area contributed by atoms with E-state index in [0.29, 0.717) is 19.0 Å². The van der Waals surface area contributed by atoms with Crippen LogP contribution in [-0.2, 0) is 6.54 Å². The van der Waals surface area contributed by atoms with Crippen molar-refractivity contribution >= 4 is 11.6 Å². The molecule has 1 saturated heterocycles. The zero-order valence-corrected chi connectivity index (χ0v) is 12.8. The minimum absolute atomic E-state index is 0.212. The molecule has 23 heavy (non-hydrogen) atoms. The molecule has 0 spiro atoms. The second-order valence-electron chi connectivity index (χ2n) is 5.35. The van der Waals surface area contributed by atoms with Crippen molar-refractivity contribution in [1.82, 2.24) is 19.7 Å². The van der Waals surface area contributed by atoms with Gasteiger partial charge in [0.05, 0.1) is 13.1 Å². The molecule has 1 aromatic carbocycles. The van der Waals surface area contributed by atoms with Crippen LogP contribution in [0, 0.1) is 5.82 Å². The number of halogens is 1. The lowest BCUT2D eigenvalue weighted by atomic mass is 10.2. The lowest BCUT2D eigenvalue weighted by Gasteiger charge is -2.36. The van der Waals surface area contributed by atoms with Crippen LogP contribution in [0.5, 0.6) is 0 Å². The van der Waals surface area contributed by atoms with Crippen LogP contribution in [0.15, 0.2) is 41.9 Å². The number of anilines is 1. The number of benzene rings is 1. The van der Waals surface area contributed by atoms with Gasteiger partial charge in [0.1, 0.15) is 18.5 Å². The van der Waals surface area contributed by atoms with Crippen molar-refractivity contribution in [3.8, 4) is 0 Å². The standard InChI is InChI=1S/C15H20FN7/c16-13-1-3-14(4-2-13)21-7-9-22(10-8-21)15(17)19-5-6-23-12-18-11-20-23/h1-4,11-12H,5-10H2,(H2,17,19). The number of rotatable bonds is 4. The predicted octanol–water partition coefficient (Wildman–Crippen LogP) is 0.554. The first-order valence-electron chi connectivity index (χ1n) is 7.60. The van der Waals surface area contributed by atoms with Crippen molar-refractivity contribution in [2.24, 2.45) is 10.7 Å². The molecule has 2 N–H and O–H groups in total. The predicted molar refractivity (Wildman–Crippen MR) is 86.7 cm³/mol. The quantitative estimate of drug-likeness (QED) is 0.658. The molecule has 7 nitrogen and oxygen atoms in total. The average molecular weight is 317 g/mol. The fourth-order valence-corrected chi connectivity index (χ4v) is 2.56. The number of nitrogens with zero attached hydrogens (tertiary/aromatic N) is 6. The lowest BCUT2D eigenvalue weighted by molar-refractivity contribution is 0.380. The molecule has 0 amide bonds. The van der Waals surface area contributed by atoms with E-state index in [4.69, 9.17) is 5.73 Å². The Morgan fingerprint density at radius 2 is 1.91 bits per heavy atom. The van der Waals surface area contributed by atoms with Gasteiger partial charge in [-0.1, -0.05) is 0 Å². The third kappa shape index (κ3) is 3.97. The van der Waals surface area contributed by atoms with Crippen LogP contribution < -0.4 is 10.6 Å². The Kier molecular flexibility index (Phi) is 4.70. The van der Waals surface area contributed by atoms with E-state index in [1.165, 1.54) is 18.5 Å². The van der Waals surface area contributed by atoms with Crippen molar-refractivity contribution in [1.29, 1.82) is 0 Å². The van der Waals surface area contributed by atoms with Gasteiger partial charge in [-0.3, -0.25) is 9.67 Å². The molecule has 1 fully saturated rings. The van der Waals surface area contributed by atoms with Gasteiger partial charge in [-0.2, -0.15) is 5.10 Å². The highest BCUT2D eigenvalue weighted by molar-refractivity contribution is 5.78. The molecule has 0 bridgehead atoms. The van der Waals surface area contributed by atoms with Gasteiger partial charge in [-0.05, 0) is 24.3 Å². The van der Waals surface area contributed by atoms with E-state index < -0.39 is 0 Å². The zero-order valence-electron chi connectivity index (χ0n) is 12.8. The van der Waals surface area contributed by atoms with Gasteiger partial charge < -0.3 is 15.5 Å². The largest absolute Gasteiger partial charge is 0.370 e. The summed E-state index contributed by atoms with van der Waals surface area (Å²) >= 11 is 0. The third-order valence-electron chi connectivity index (χ3n) is 3.86. The first-order valence-corrected chi connectivity index (χ1v) is 7.60. The van der Waals surface area contributed by atoms with E-state index in [0.717, 1.165) is 31.9 Å². The van der Waals surface area contributed by atoms with Crippen LogP contribution in [0.2, 0.25) is 0 Å². The van der Waals surface area contributed by atoms with Crippen molar-refractivity contribution in [2.45, 2.75) is 6.54 Å².